The van der Waals surface area contributed by atoms with Gasteiger partial charge in [-0.1, -0.05) is 41.3 Å². The molecule has 2 heterocycles. The van der Waals surface area contributed by atoms with Gasteiger partial charge in [-0.3, -0.25) is 14.4 Å². The molecule has 1 saturated heterocycles. The van der Waals surface area contributed by atoms with Gasteiger partial charge in [-0.2, -0.15) is 13.2 Å². The highest BCUT2D eigenvalue weighted by Crippen LogP contribution is 2.52. The van der Waals surface area contributed by atoms with Crippen molar-refractivity contribution in [3.05, 3.63) is 68.7 Å². The topological polar surface area (TPSA) is 80.2 Å². The number of alkyl halides is 3. The summed E-state index contributed by atoms with van der Waals surface area (Å²) < 4.78 is 43.4. The standard InChI is InChI=1S/C24H22Cl2F3N3O4/c1-4-32-22(34)19(11-35-32)30-21(33)18-6-5-14(7-12(18)2)20-13(3)23(36-31-20,24(27,28)29)15-8-16(25)10-17(26)9-15/h5-10,13,19H,4,11H2,1-3H3,(H,30,33)/t13?,19-,23+/m1/s1. The Morgan fingerprint density at radius 1 is 1.22 bits per heavy atom. The number of nitrogens with one attached hydrogen (secondary N) is 1. The van der Waals surface area contributed by atoms with Crippen molar-refractivity contribution in [3.8, 4) is 0 Å². The maximum atomic E-state index is 14.5. The van der Waals surface area contributed by atoms with E-state index in [0.717, 1.165) is 12.1 Å². The molecule has 2 aromatic rings. The lowest BCUT2D eigenvalue weighted by Gasteiger charge is -2.34. The Hall–Kier alpha value is -2.82. The predicted octanol–water partition coefficient (Wildman–Crippen LogP) is 5.02. The molecule has 1 N–H and O–H groups in total. The van der Waals surface area contributed by atoms with Gasteiger partial charge in [0.05, 0.1) is 11.6 Å². The minimum Gasteiger partial charge on any atom is -0.374 e. The first-order valence-corrected chi connectivity index (χ1v) is 11.8. The maximum Gasteiger partial charge on any atom is 0.436 e. The number of carbonyl (C=O) groups is 2. The molecular weight excluding hydrogens is 522 g/mol. The summed E-state index contributed by atoms with van der Waals surface area (Å²) in [6.07, 6.45) is -4.84. The Balaban J connectivity index is 1.61. The number of likely N-dealkylation sites (N-methyl/N-ethyl adjacent to an activating group) is 1. The first kappa shape index (κ1) is 26.2. The van der Waals surface area contributed by atoms with Gasteiger partial charge in [0.25, 0.3) is 17.4 Å². The van der Waals surface area contributed by atoms with Crippen LogP contribution >= 0.6 is 23.2 Å². The first-order valence-electron chi connectivity index (χ1n) is 11.0. The molecule has 2 aliphatic rings. The number of hydroxylamine groups is 2. The van der Waals surface area contributed by atoms with Gasteiger partial charge in [0.15, 0.2) is 0 Å². The molecule has 0 aliphatic carbocycles. The van der Waals surface area contributed by atoms with E-state index >= 15 is 0 Å². The molecule has 0 spiro atoms. The minimum absolute atomic E-state index is 0.0221. The Morgan fingerprint density at radius 3 is 2.44 bits per heavy atom. The minimum atomic E-state index is -4.84. The summed E-state index contributed by atoms with van der Waals surface area (Å²) in [6.45, 7) is 5.11. The quantitative estimate of drug-likeness (QED) is 0.574. The third-order valence-corrected chi connectivity index (χ3v) is 6.76. The normalized spacial score (nSPS) is 24.1. The highest BCUT2D eigenvalue weighted by atomic mass is 35.5. The van der Waals surface area contributed by atoms with Gasteiger partial charge in [-0.25, -0.2) is 5.06 Å². The lowest BCUT2D eigenvalue weighted by atomic mass is 9.77. The number of oxime groups is 1. The maximum absolute atomic E-state index is 14.5. The molecule has 3 atom stereocenters. The zero-order valence-electron chi connectivity index (χ0n) is 19.5. The van der Waals surface area contributed by atoms with Gasteiger partial charge in [-0.15, -0.1) is 0 Å². The van der Waals surface area contributed by atoms with E-state index in [4.69, 9.17) is 32.9 Å². The molecule has 1 unspecified atom stereocenters. The molecule has 36 heavy (non-hydrogen) atoms. The summed E-state index contributed by atoms with van der Waals surface area (Å²) >= 11 is 12.0. The average Bonchev–Trinajstić information content (AvgIpc) is 3.32. The Morgan fingerprint density at radius 2 is 1.89 bits per heavy atom. The van der Waals surface area contributed by atoms with Gasteiger partial charge in [0.2, 0.25) is 0 Å². The lowest BCUT2D eigenvalue weighted by Crippen LogP contribution is -2.48. The van der Waals surface area contributed by atoms with Crippen molar-refractivity contribution in [2.24, 2.45) is 11.1 Å². The Labute approximate surface area is 215 Å². The van der Waals surface area contributed by atoms with Crippen LogP contribution in [0.3, 0.4) is 0 Å². The van der Waals surface area contributed by atoms with E-state index in [1.807, 2.05) is 0 Å². The molecule has 2 aliphatic heterocycles. The van der Waals surface area contributed by atoms with E-state index in [9.17, 15) is 22.8 Å². The molecule has 12 heteroatoms. The third kappa shape index (κ3) is 4.42. The second-order valence-corrected chi connectivity index (χ2v) is 9.44. The second kappa shape index (κ2) is 9.57. The van der Waals surface area contributed by atoms with Crippen LogP contribution in [0.4, 0.5) is 13.2 Å². The van der Waals surface area contributed by atoms with Crippen LogP contribution in [0.2, 0.25) is 10.0 Å². The zero-order valence-corrected chi connectivity index (χ0v) is 21.0. The van der Waals surface area contributed by atoms with E-state index in [1.165, 1.54) is 30.2 Å². The van der Waals surface area contributed by atoms with Crippen LogP contribution in [0.5, 0.6) is 0 Å². The summed E-state index contributed by atoms with van der Waals surface area (Å²) in [5.41, 5.74) is -1.92. The Bertz CT molecular complexity index is 1230. The second-order valence-electron chi connectivity index (χ2n) is 8.57. The SMILES string of the molecule is CCN1OC[C@@H](NC(=O)c2ccc(C3=NO[C@@](c4cc(Cl)cc(Cl)c4)(C(F)(F)F)C3C)cc2C)C1=O. The van der Waals surface area contributed by atoms with Crippen molar-refractivity contribution in [1.82, 2.24) is 10.4 Å². The molecule has 2 amide bonds. The highest BCUT2D eigenvalue weighted by molar-refractivity contribution is 6.34. The van der Waals surface area contributed by atoms with Crippen LogP contribution in [-0.2, 0) is 20.1 Å². The van der Waals surface area contributed by atoms with Crippen molar-refractivity contribution in [2.75, 3.05) is 13.2 Å². The zero-order chi connectivity index (χ0) is 26.4. The summed E-state index contributed by atoms with van der Waals surface area (Å²) in [4.78, 5) is 35.3. The van der Waals surface area contributed by atoms with Crippen molar-refractivity contribution in [2.45, 2.75) is 38.6 Å². The molecule has 1 fully saturated rings. The molecular formula is C24H22Cl2F3N3O4. The number of amides is 2. The van der Waals surface area contributed by atoms with Crippen molar-refractivity contribution >= 4 is 40.7 Å². The van der Waals surface area contributed by atoms with Crippen LogP contribution in [0.1, 0.15) is 40.9 Å². The van der Waals surface area contributed by atoms with E-state index in [-0.39, 0.29) is 39.4 Å². The molecule has 0 bridgehead atoms. The Kier molecular flexibility index (Phi) is 6.98. The fourth-order valence-corrected chi connectivity index (χ4v) is 4.97. The van der Waals surface area contributed by atoms with Gasteiger partial charge in [0.1, 0.15) is 12.6 Å². The molecule has 7 nitrogen and oxygen atoms in total. The molecule has 0 saturated carbocycles. The van der Waals surface area contributed by atoms with Gasteiger partial charge >= 0.3 is 6.18 Å². The van der Waals surface area contributed by atoms with Crippen LogP contribution in [0.15, 0.2) is 41.6 Å². The number of carbonyl (C=O) groups excluding carboxylic acids is 2. The number of benzene rings is 2. The predicted molar refractivity (Wildman–Crippen MR) is 127 cm³/mol. The summed E-state index contributed by atoms with van der Waals surface area (Å²) in [6, 6.07) is 7.33. The first-order chi connectivity index (χ1) is 16.9. The fraction of sp³-hybridized carbons (Fsp3) is 0.375. The molecule has 2 aromatic carbocycles. The largest absolute Gasteiger partial charge is 0.436 e. The van der Waals surface area contributed by atoms with E-state index in [1.54, 1.807) is 19.9 Å². The van der Waals surface area contributed by atoms with Crippen molar-refractivity contribution in [3.63, 3.8) is 0 Å². The van der Waals surface area contributed by atoms with E-state index < -0.39 is 29.6 Å². The number of aryl methyl sites for hydroxylation is 1. The van der Waals surface area contributed by atoms with Crippen LogP contribution in [0.25, 0.3) is 0 Å². The van der Waals surface area contributed by atoms with Gasteiger partial charge < -0.3 is 10.2 Å². The molecule has 0 aromatic heterocycles. The lowest BCUT2D eigenvalue weighted by molar-refractivity contribution is -0.287. The summed E-state index contributed by atoms with van der Waals surface area (Å²) in [7, 11) is 0. The van der Waals surface area contributed by atoms with Gasteiger partial charge in [-0.05, 0) is 49.7 Å². The van der Waals surface area contributed by atoms with Crippen molar-refractivity contribution < 1.29 is 32.4 Å². The van der Waals surface area contributed by atoms with Crippen LogP contribution in [0, 0.1) is 12.8 Å². The fourth-order valence-electron chi connectivity index (χ4n) is 4.44. The average molecular weight is 544 g/mol. The number of halogens is 5. The third-order valence-electron chi connectivity index (χ3n) is 6.32. The number of hydrogen-bond acceptors (Lipinski definition) is 5. The highest BCUT2D eigenvalue weighted by Gasteiger charge is 2.66. The molecule has 192 valence electrons. The van der Waals surface area contributed by atoms with Crippen LogP contribution < -0.4 is 5.32 Å². The van der Waals surface area contributed by atoms with Gasteiger partial charge in [0, 0.05) is 33.3 Å². The number of hydrogen-bond donors (Lipinski definition) is 1. The monoisotopic (exact) mass is 543 g/mol. The number of nitrogens with zero attached hydrogens (tertiary/aromatic N) is 2. The van der Waals surface area contributed by atoms with E-state index in [0.29, 0.717) is 17.7 Å². The molecule has 4 rings (SSSR count). The smallest absolute Gasteiger partial charge is 0.374 e. The number of rotatable bonds is 5. The van der Waals surface area contributed by atoms with Crippen molar-refractivity contribution in [1.29, 1.82) is 0 Å². The summed E-state index contributed by atoms with van der Waals surface area (Å²) in [5.74, 6) is -2.12. The van der Waals surface area contributed by atoms with E-state index in [2.05, 4.69) is 10.5 Å². The van der Waals surface area contributed by atoms with Crippen LogP contribution in [-0.4, -0.2) is 48.0 Å². The molecule has 0 radical (unpaired) electrons. The summed E-state index contributed by atoms with van der Waals surface area (Å²) in [5, 5.41) is 7.67.